The fourth-order valence-electron chi connectivity index (χ4n) is 2.92. The molecule has 1 unspecified atom stereocenters. The van der Waals surface area contributed by atoms with Crippen molar-refractivity contribution in [2.45, 2.75) is 19.1 Å². The van der Waals surface area contributed by atoms with Gasteiger partial charge in [-0.1, -0.05) is 48.5 Å². The van der Waals surface area contributed by atoms with Crippen LogP contribution in [0.1, 0.15) is 23.7 Å². The normalized spacial score (nSPS) is 18.3. The molecule has 116 valence electrons. The summed E-state index contributed by atoms with van der Waals surface area (Å²) in [5, 5.41) is 0. The maximum absolute atomic E-state index is 6.33. The van der Waals surface area contributed by atoms with Crippen LogP contribution in [0.4, 0.5) is 0 Å². The van der Waals surface area contributed by atoms with Gasteiger partial charge >= 0.3 is 0 Å². The number of fused-ring (bicyclic) bond motifs is 1. The number of hydrogen-bond donors (Lipinski definition) is 0. The Bertz CT molecular complexity index is 587. The van der Waals surface area contributed by atoms with E-state index in [1.807, 2.05) is 11.8 Å². The third-order valence-corrected chi connectivity index (χ3v) is 4.75. The van der Waals surface area contributed by atoms with Crippen molar-refractivity contribution in [2.24, 2.45) is 0 Å². The number of nitrogens with zero attached hydrogens (tertiary/aromatic N) is 1. The number of rotatable bonds is 5. The molecule has 0 aliphatic carbocycles. The average Bonchev–Trinajstić information content (AvgIpc) is 2.75. The summed E-state index contributed by atoms with van der Waals surface area (Å²) >= 11 is 1.92. The van der Waals surface area contributed by atoms with Gasteiger partial charge in [-0.3, -0.25) is 4.90 Å². The van der Waals surface area contributed by atoms with Gasteiger partial charge in [0, 0.05) is 18.7 Å². The van der Waals surface area contributed by atoms with Crippen molar-refractivity contribution in [2.75, 3.05) is 25.1 Å². The Morgan fingerprint density at radius 2 is 1.86 bits per heavy atom. The molecule has 22 heavy (non-hydrogen) atoms. The quantitative estimate of drug-likeness (QED) is 0.760. The van der Waals surface area contributed by atoms with Crippen LogP contribution in [0.5, 0.6) is 5.75 Å². The lowest BCUT2D eigenvalue weighted by molar-refractivity contribution is 0.148. The van der Waals surface area contributed by atoms with Crippen molar-refractivity contribution >= 4 is 11.8 Å². The van der Waals surface area contributed by atoms with Gasteiger partial charge in [0.15, 0.2) is 0 Å². The summed E-state index contributed by atoms with van der Waals surface area (Å²) < 4.78 is 6.33. The number of benzene rings is 2. The molecule has 2 aromatic rings. The minimum atomic E-state index is 0.110. The number of hydrogen-bond acceptors (Lipinski definition) is 3. The first kappa shape index (κ1) is 15.4. The van der Waals surface area contributed by atoms with E-state index in [0.29, 0.717) is 0 Å². The van der Waals surface area contributed by atoms with Crippen LogP contribution in [-0.2, 0) is 6.54 Å². The molecule has 2 nitrogen and oxygen atoms in total. The van der Waals surface area contributed by atoms with Gasteiger partial charge in [-0.05, 0) is 36.6 Å². The fraction of sp³-hybridized carbons (Fsp3) is 0.368. The lowest BCUT2D eigenvalue weighted by Crippen LogP contribution is -2.29. The Labute approximate surface area is 137 Å². The Hall–Kier alpha value is -1.45. The van der Waals surface area contributed by atoms with Gasteiger partial charge in [0.1, 0.15) is 11.9 Å². The molecule has 1 atom stereocenters. The molecular formula is C19H23NOS. The van der Waals surface area contributed by atoms with E-state index >= 15 is 0 Å². The molecule has 0 amide bonds. The Kier molecular flexibility index (Phi) is 5.41. The van der Waals surface area contributed by atoms with Crippen molar-refractivity contribution in [3.63, 3.8) is 0 Å². The van der Waals surface area contributed by atoms with Crippen LogP contribution in [0.15, 0.2) is 54.6 Å². The molecule has 0 radical (unpaired) electrons. The lowest BCUT2D eigenvalue weighted by atomic mass is 10.1. The van der Waals surface area contributed by atoms with E-state index in [1.54, 1.807) is 0 Å². The van der Waals surface area contributed by atoms with Crippen molar-refractivity contribution in [1.82, 2.24) is 4.90 Å². The van der Waals surface area contributed by atoms with Crippen molar-refractivity contribution < 1.29 is 4.74 Å². The molecule has 3 heteroatoms. The molecular weight excluding hydrogens is 290 g/mol. The summed E-state index contributed by atoms with van der Waals surface area (Å²) in [6.07, 6.45) is 3.51. The maximum Gasteiger partial charge on any atom is 0.136 e. The highest BCUT2D eigenvalue weighted by molar-refractivity contribution is 7.98. The summed E-state index contributed by atoms with van der Waals surface area (Å²) in [4.78, 5) is 2.53. The van der Waals surface area contributed by atoms with E-state index in [0.717, 1.165) is 25.4 Å². The molecule has 0 aromatic heterocycles. The van der Waals surface area contributed by atoms with Gasteiger partial charge in [-0.25, -0.2) is 0 Å². The monoisotopic (exact) mass is 313 g/mol. The zero-order valence-corrected chi connectivity index (χ0v) is 13.9. The molecule has 0 fully saturated rings. The topological polar surface area (TPSA) is 12.5 Å². The molecule has 1 aliphatic rings. The minimum Gasteiger partial charge on any atom is -0.484 e. The summed E-state index contributed by atoms with van der Waals surface area (Å²) in [5.74, 6) is 2.25. The number of para-hydroxylation sites is 1. The smallest absolute Gasteiger partial charge is 0.136 e. The molecule has 0 saturated heterocycles. The minimum absolute atomic E-state index is 0.110. The zero-order chi connectivity index (χ0) is 15.2. The summed E-state index contributed by atoms with van der Waals surface area (Å²) in [6.45, 7) is 3.06. The van der Waals surface area contributed by atoms with Crippen molar-refractivity contribution in [3.8, 4) is 5.75 Å². The Morgan fingerprint density at radius 3 is 2.68 bits per heavy atom. The summed E-state index contributed by atoms with van der Waals surface area (Å²) in [5.41, 5.74) is 2.55. The Balaban J connectivity index is 1.82. The highest BCUT2D eigenvalue weighted by Gasteiger charge is 2.23. The van der Waals surface area contributed by atoms with E-state index in [2.05, 4.69) is 65.8 Å². The molecule has 0 bridgehead atoms. The predicted octanol–water partition coefficient (Wildman–Crippen LogP) is 4.38. The molecule has 2 aromatic carbocycles. The van der Waals surface area contributed by atoms with Crippen LogP contribution in [0.2, 0.25) is 0 Å². The lowest BCUT2D eigenvalue weighted by Gasteiger charge is -2.24. The SMILES string of the molecule is CSCCCN1Cc2ccccc2OC(c2ccccc2)C1. The summed E-state index contributed by atoms with van der Waals surface area (Å²) in [6, 6.07) is 19.0. The number of thioether (sulfide) groups is 1. The van der Waals surface area contributed by atoms with E-state index in [1.165, 1.54) is 23.3 Å². The fourth-order valence-corrected chi connectivity index (χ4v) is 3.34. The van der Waals surface area contributed by atoms with Gasteiger partial charge < -0.3 is 4.74 Å². The van der Waals surface area contributed by atoms with E-state index in [-0.39, 0.29) is 6.10 Å². The van der Waals surface area contributed by atoms with Gasteiger partial charge in [-0.2, -0.15) is 11.8 Å². The largest absolute Gasteiger partial charge is 0.484 e. The average molecular weight is 313 g/mol. The highest BCUT2D eigenvalue weighted by atomic mass is 32.2. The van der Waals surface area contributed by atoms with Crippen LogP contribution in [0, 0.1) is 0 Å². The van der Waals surface area contributed by atoms with Gasteiger partial charge in [0.2, 0.25) is 0 Å². The van der Waals surface area contributed by atoms with Gasteiger partial charge in [-0.15, -0.1) is 0 Å². The Morgan fingerprint density at radius 1 is 1.09 bits per heavy atom. The molecule has 1 aliphatic heterocycles. The third kappa shape index (κ3) is 3.84. The van der Waals surface area contributed by atoms with Crippen LogP contribution in [-0.4, -0.2) is 30.0 Å². The molecule has 1 heterocycles. The van der Waals surface area contributed by atoms with Crippen LogP contribution in [0.25, 0.3) is 0 Å². The standard InChI is InChI=1S/C19H23NOS/c1-22-13-7-12-20-14-17-10-5-6-11-18(17)21-19(15-20)16-8-3-2-4-9-16/h2-6,8-11,19H,7,12-15H2,1H3. The maximum atomic E-state index is 6.33. The molecule has 3 rings (SSSR count). The first-order valence-corrected chi connectivity index (χ1v) is 9.27. The first-order chi connectivity index (χ1) is 10.9. The van der Waals surface area contributed by atoms with Crippen LogP contribution < -0.4 is 4.74 Å². The second kappa shape index (κ2) is 7.70. The zero-order valence-electron chi connectivity index (χ0n) is 13.1. The van der Waals surface area contributed by atoms with E-state index in [9.17, 15) is 0 Å². The predicted molar refractivity (Wildman–Crippen MR) is 94.5 cm³/mol. The number of ether oxygens (including phenoxy) is 1. The molecule has 0 spiro atoms. The van der Waals surface area contributed by atoms with Crippen LogP contribution >= 0.6 is 11.8 Å². The molecule has 0 saturated carbocycles. The first-order valence-electron chi connectivity index (χ1n) is 7.87. The van der Waals surface area contributed by atoms with Gasteiger partial charge in [0.25, 0.3) is 0 Å². The van der Waals surface area contributed by atoms with Crippen molar-refractivity contribution in [1.29, 1.82) is 0 Å². The van der Waals surface area contributed by atoms with Crippen LogP contribution in [0.3, 0.4) is 0 Å². The van der Waals surface area contributed by atoms with Crippen molar-refractivity contribution in [3.05, 3.63) is 65.7 Å². The second-order valence-corrected chi connectivity index (χ2v) is 6.69. The van der Waals surface area contributed by atoms with E-state index in [4.69, 9.17) is 4.74 Å². The summed E-state index contributed by atoms with van der Waals surface area (Å²) in [7, 11) is 0. The third-order valence-electron chi connectivity index (χ3n) is 4.05. The molecule has 0 N–H and O–H groups in total. The second-order valence-electron chi connectivity index (χ2n) is 5.71. The highest BCUT2D eigenvalue weighted by Crippen LogP contribution is 2.31. The van der Waals surface area contributed by atoms with E-state index < -0.39 is 0 Å². The van der Waals surface area contributed by atoms with Gasteiger partial charge in [0.05, 0.1) is 0 Å².